The lowest BCUT2D eigenvalue weighted by molar-refractivity contribution is 0.0365. The number of carbonyl (C=O) groups is 1. The molecule has 8 nitrogen and oxygen atoms in total. The number of methoxy groups -OCH3 is 2. The molecule has 0 saturated carbocycles. The van der Waals surface area contributed by atoms with Gasteiger partial charge in [-0.15, -0.1) is 0 Å². The summed E-state index contributed by atoms with van der Waals surface area (Å²) in [5.41, 5.74) is 3.01. The first-order chi connectivity index (χ1) is 16.2. The molecule has 4 rings (SSSR count). The highest BCUT2D eigenvalue weighted by Gasteiger charge is 2.11. The van der Waals surface area contributed by atoms with E-state index in [1.165, 1.54) is 5.52 Å². The molecule has 0 aliphatic carbocycles. The van der Waals surface area contributed by atoms with Crippen molar-refractivity contribution in [1.82, 2.24) is 14.8 Å². The van der Waals surface area contributed by atoms with Crippen LogP contribution < -0.4 is 20.1 Å². The Labute approximate surface area is 194 Å². The maximum absolute atomic E-state index is 12.4. The van der Waals surface area contributed by atoms with Gasteiger partial charge in [0.25, 0.3) is 0 Å². The van der Waals surface area contributed by atoms with E-state index in [1.807, 2.05) is 30.3 Å². The second-order valence-electron chi connectivity index (χ2n) is 8.06. The largest absolute Gasteiger partial charge is 0.493 e. The maximum atomic E-state index is 12.4. The molecule has 0 atom stereocenters. The summed E-state index contributed by atoms with van der Waals surface area (Å²) in [4.78, 5) is 14.8. The fraction of sp³-hybridized carbons (Fsp3) is 0.400. The Morgan fingerprint density at radius 2 is 1.82 bits per heavy atom. The normalized spacial score (nSPS) is 14.2. The van der Waals surface area contributed by atoms with Gasteiger partial charge in [-0.05, 0) is 48.4 Å². The molecule has 0 radical (unpaired) electrons. The highest BCUT2D eigenvalue weighted by Crippen LogP contribution is 2.27. The number of ether oxygens (including phenoxy) is 3. The predicted molar refractivity (Wildman–Crippen MR) is 129 cm³/mol. The van der Waals surface area contributed by atoms with E-state index in [0.29, 0.717) is 24.5 Å². The Morgan fingerprint density at radius 1 is 1.00 bits per heavy atom. The van der Waals surface area contributed by atoms with Crippen LogP contribution in [0.2, 0.25) is 0 Å². The van der Waals surface area contributed by atoms with Crippen molar-refractivity contribution in [3.63, 3.8) is 0 Å². The Morgan fingerprint density at radius 3 is 2.61 bits per heavy atom. The fourth-order valence-electron chi connectivity index (χ4n) is 4.08. The molecular weight excluding hydrogens is 420 g/mol. The van der Waals surface area contributed by atoms with E-state index in [-0.39, 0.29) is 6.03 Å². The third kappa shape index (κ3) is 5.97. The first kappa shape index (κ1) is 22.9. The third-order valence-corrected chi connectivity index (χ3v) is 5.94. The van der Waals surface area contributed by atoms with E-state index in [0.717, 1.165) is 56.0 Å². The van der Waals surface area contributed by atoms with E-state index >= 15 is 0 Å². The zero-order valence-electron chi connectivity index (χ0n) is 19.3. The number of morpholine rings is 1. The Balaban J connectivity index is 1.27. The van der Waals surface area contributed by atoms with Crippen LogP contribution in [0.4, 0.5) is 10.5 Å². The number of urea groups is 1. The summed E-state index contributed by atoms with van der Waals surface area (Å²) in [5, 5.41) is 6.95. The SMILES string of the molecule is COc1ccc(CCNC(=O)Nc2ccc3c(ccn3CCN3CCOCC3)c2)cc1OC. The molecule has 0 bridgehead atoms. The number of anilines is 1. The molecule has 0 spiro atoms. The minimum absolute atomic E-state index is 0.221. The van der Waals surface area contributed by atoms with Crippen molar-refractivity contribution in [3.05, 3.63) is 54.2 Å². The molecule has 1 aliphatic heterocycles. The number of rotatable bonds is 9. The van der Waals surface area contributed by atoms with Gasteiger partial charge in [-0.3, -0.25) is 4.90 Å². The van der Waals surface area contributed by atoms with Crippen molar-refractivity contribution in [2.75, 3.05) is 58.9 Å². The molecule has 1 saturated heterocycles. The lowest BCUT2D eigenvalue weighted by Crippen LogP contribution is -2.38. The molecule has 0 unspecified atom stereocenters. The number of fused-ring (bicyclic) bond motifs is 1. The summed E-state index contributed by atoms with van der Waals surface area (Å²) in [7, 11) is 3.23. The van der Waals surface area contributed by atoms with Gasteiger partial charge in [-0.1, -0.05) is 6.07 Å². The molecule has 2 aromatic carbocycles. The monoisotopic (exact) mass is 452 g/mol. The van der Waals surface area contributed by atoms with Crippen molar-refractivity contribution < 1.29 is 19.0 Å². The molecule has 1 fully saturated rings. The molecule has 2 amide bonds. The molecule has 1 aromatic heterocycles. The first-order valence-corrected chi connectivity index (χ1v) is 11.3. The van der Waals surface area contributed by atoms with Gasteiger partial charge in [0, 0.05) is 55.5 Å². The van der Waals surface area contributed by atoms with Gasteiger partial charge < -0.3 is 29.4 Å². The molecule has 8 heteroatoms. The molecule has 176 valence electrons. The number of nitrogens with one attached hydrogen (secondary N) is 2. The molecule has 3 aromatic rings. The molecule has 1 aliphatic rings. The summed E-state index contributed by atoms with van der Waals surface area (Å²) < 4.78 is 18.3. The number of benzene rings is 2. The lowest BCUT2D eigenvalue weighted by Gasteiger charge is -2.26. The number of carbonyl (C=O) groups excluding carboxylic acids is 1. The number of hydrogen-bond acceptors (Lipinski definition) is 5. The van der Waals surface area contributed by atoms with E-state index in [2.05, 4.69) is 38.4 Å². The van der Waals surface area contributed by atoms with Crippen LogP contribution in [-0.4, -0.2) is 69.1 Å². The van der Waals surface area contributed by atoms with Crippen molar-refractivity contribution in [2.45, 2.75) is 13.0 Å². The van der Waals surface area contributed by atoms with Crippen LogP contribution in [0.15, 0.2) is 48.7 Å². The first-order valence-electron chi connectivity index (χ1n) is 11.3. The zero-order valence-corrected chi connectivity index (χ0v) is 19.3. The molecule has 2 heterocycles. The van der Waals surface area contributed by atoms with Crippen LogP contribution in [0.5, 0.6) is 11.5 Å². The second kappa shape index (κ2) is 11.1. The minimum Gasteiger partial charge on any atom is -0.493 e. The fourth-order valence-corrected chi connectivity index (χ4v) is 4.08. The second-order valence-corrected chi connectivity index (χ2v) is 8.06. The van der Waals surface area contributed by atoms with Crippen molar-refractivity contribution >= 4 is 22.6 Å². The van der Waals surface area contributed by atoms with Gasteiger partial charge in [0.1, 0.15) is 0 Å². The maximum Gasteiger partial charge on any atom is 0.319 e. The van der Waals surface area contributed by atoms with E-state index in [9.17, 15) is 4.79 Å². The Hall–Kier alpha value is -3.23. The average Bonchev–Trinajstić information content (AvgIpc) is 3.25. The minimum atomic E-state index is -0.221. The topological polar surface area (TPSA) is 77.0 Å². The highest BCUT2D eigenvalue weighted by molar-refractivity contribution is 5.92. The van der Waals surface area contributed by atoms with Gasteiger partial charge in [0.15, 0.2) is 11.5 Å². The highest BCUT2D eigenvalue weighted by atomic mass is 16.5. The number of aromatic nitrogens is 1. The quantitative estimate of drug-likeness (QED) is 0.521. The van der Waals surface area contributed by atoms with Gasteiger partial charge >= 0.3 is 6.03 Å². The Bertz CT molecular complexity index is 1080. The van der Waals surface area contributed by atoms with E-state index in [4.69, 9.17) is 14.2 Å². The van der Waals surface area contributed by atoms with Crippen LogP contribution in [0, 0.1) is 0 Å². The van der Waals surface area contributed by atoms with Gasteiger partial charge in [0.05, 0.1) is 27.4 Å². The van der Waals surface area contributed by atoms with Crippen LogP contribution in [-0.2, 0) is 17.7 Å². The van der Waals surface area contributed by atoms with Gasteiger partial charge in [0.2, 0.25) is 0 Å². The van der Waals surface area contributed by atoms with Gasteiger partial charge in [-0.2, -0.15) is 0 Å². The van der Waals surface area contributed by atoms with E-state index in [1.54, 1.807) is 14.2 Å². The summed E-state index contributed by atoms with van der Waals surface area (Å²) in [6.07, 6.45) is 2.80. The van der Waals surface area contributed by atoms with Crippen molar-refractivity contribution in [1.29, 1.82) is 0 Å². The van der Waals surface area contributed by atoms with Crippen LogP contribution in [0.25, 0.3) is 10.9 Å². The number of nitrogens with zero attached hydrogens (tertiary/aromatic N) is 2. The third-order valence-electron chi connectivity index (χ3n) is 5.94. The summed E-state index contributed by atoms with van der Waals surface area (Å²) >= 11 is 0. The van der Waals surface area contributed by atoms with Crippen LogP contribution in [0.1, 0.15) is 5.56 Å². The lowest BCUT2D eigenvalue weighted by atomic mass is 10.1. The van der Waals surface area contributed by atoms with E-state index < -0.39 is 0 Å². The van der Waals surface area contributed by atoms with Crippen molar-refractivity contribution in [3.8, 4) is 11.5 Å². The zero-order chi connectivity index (χ0) is 23.0. The smallest absolute Gasteiger partial charge is 0.319 e. The number of amides is 2. The Kier molecular flexibility index (Phi) is 7.70. The predicted octanol–water partition coefficient (Wildman–Crippen LogP) is 3.35. The average molecular weight is 453 g/mol. The van der Waals surface area contributed by atoms with Crippen LogP contribution >= 0.6 is 0 Å². The van der Waals surface area contributed by atoms with Crippen LogP contribution in [0.3, 0.4) is 0 Å². The molecular formula is C25H32N4O4. The summed E-state index contributed by atoms with van der Waals surface area (Å²) in [5.74, 6) is 1.38. The summed E-state index contributed by atoms with van der Waals surface area (Å²) in [6.45, 7) is 6.09. The summed E-state index contributed by atoms with van der Waals surface area (Å²) in [6, 6.07) is 13.7. The van der Waals surface area contributed by atoms with Gasteiger partial charge in [-0.25, -0.2) is 4.79 Å². The number of hydrogen-bond donors (Lipinski definition) is 2. The molecule has 2 N–H and O–H groups in total. The standard InChI is InChI=1S/C25H32N4O4/c1-31-23-6-3-19(17-24(23)32-2)7-9-26-25(30)27-21-4-5-22-20(18-21)8-10-29(22)12-11-28-13-15-33-16-14-28/h3-6,8,10,17-18H,7,9,11-16H2,1-2H3,(H2,26,27,30). The molecule has 33 heavy (non-hydrogen) atoms. The van der Waals surface area contributed by atoms with Crippen molar-refractivity contribution in [2.24, 2.45) is 0 Å².